The van der Waals surface area contributed by atoms with Crippen LogP contribution in [0.1, 0.15) is 12.5 Å². The Kier molecular flexibility index (Phi) is 3.50. The van der Waals surface area contributed by atoms with Crippen LogP contribution in [0.5, 0.6) is 0 Å². The maximum atomic E-state index is 8.84. The average molecular weight is 243 g/mol. The van der Waals surface area contributed by atoms with E-state index in [1.54, 1.807) is 6.20 Å². The molecular formula is C13H13N3S. The molecule has 4 heteroatoms. The Balaban J connectivity index is 2.38. The third-order valence-electron chi connectivity index (χ3n) is 2.45. The van der Waals surface area contributed by atoms with Crippen LogP contribution in [0.15, 0.2) is 41.8 Å². The minimum absolute atomic E-state index is 0.0971. The molecule has 1 heterocycles. The second kappa shape index (κ2) is 5.07. The van der Waals surface area contributed by atoms with Gasteiger partial charge in [-0.25, -0.2) is 4.98 Å². The smallest absolute Gasteiger partial charge is 0.173 e. The molecule has 0 bridgehead atoms. The number of thioether (sulfide) groups is 1. The summed E-state index contributed by atoms with van der Waals surface area (Å²) in [5.41, 5.74) is 2.30. The Hall–Kier alpha value is -1.73. The summed E-state index contributed by atoms with van der Waals surface area (Å²) in [4.78, 5) is 4.30. The zero-order valence-corrected chi connectivity index (χ0v) is 10.6. The van der Waals surface area contributed by atoms with Gasteiger partial charge in [0.15, 0.2) is 5.16 Å². The third-order valence-corrected chi connectivity index (χ3v) is 3.42. The van der Waals surface area contributed by atoms with Crippen molar-refractivity contribution in [2.75, 3.05) is 0 Å². The molecule has 2 rings (SSSR count). The molecule has 0 saturated carbocycles. The molecule has 0 unspecified atom stereocenters. The van der Waals surface area contributed by atoms with Gasteiger partial charge in [-0.05, 0) is 25.5 Å². The summed E-state index contributed by atoms with van der Waals surface area (Å²) in [6, 6.07) is 10.3. The Morgan fingerprint density at radius 3 is 2.88 bits per heavy atom. The molecule has 0 aliphatic rings. The van der Waals surface area contributed by atoms with Crippen molar-refractivity contribution in [3.05, 3.63) is 42.2 Å². The number of aryl methyl sites for hydroxylation is 1. The lowest BCUT2D eigenvalue weighted by Crippen LogP contribution is -2.00. The summed E-state index contributed by atoms with van der Waals surface area (Å²) in [5, 5.41) is 9.60. The van der Waals surface area contributed by atoms with Crippen LogP contribution in [0.3, 0.4) is 0 Å². The molecule has 0 N–H and O–H groups in total. The first kappa shape index (κ1) is 11.7. The molecule has 0 radical (unpaired) electrons. The maximum absolute atomic E-state index is 8.84. The molecule has 0 aliphatic heterocycles. The molecule has 1 aromatic carbocycles. The normalized spacial score (nSPS) is 12.1. The van der Waals surface area contributed by atoms with Gasteiger partial charge < -0.3 is 0 Å². The molecule has 1 atom stereocenters. The van der Waals surface area contributed by atoms with E-state index >= 15 is 0 Å². The van der Waals surface area contributed by atoms with Gasteiger partial charge >= 0.3 is 0 Å². The first-order valence-corrected chi connectivity index (χ1v) is 6.26. The Labute approximate surface area is 105 Å². The molecule has 1 aromatic heterocycles. The largest absolute Gasteiger partial charge is 0.295 e. The zero-order chi connectivity index (χ0) is 12.3. The lowest BCUT2D eigenvalue weighted by molar-refractivity contribution is 0.885. The summed E-state index contributed by atoms with van der Waals surface area (Å²) in [7, 11) is 0. The summed E-state index contributed by atoms with van der Waals surface area (Å²) in [6.07, 6.45) is 3.69. The highest BCUT2D eigenvalue weighted by molar-refractivity contribution is 8.00. The highest BCUT2D eigenvalue weighted by atomic mass is 32.2. The van der Waals surface area contributed by atoms with Gasteiger partial charge in [-0.2, -0.15) is 5.26 Å². The number of hydrogen-bond donors (Lipinski definition) is 0. The van der Waals surface area contributed by atoms with Crippen molar-refractivity contribution in [1.82, 2.24) is 9.55 Å². The summed E-state index contributed by atoms with van der Waals surface area (Å²) < 4.78 is 2.02. The van der Waals surface area contributed by atoms with Gasteiger partial charge in [-0.3, -0.25) is 4.57 Å². The second-order valence-corrected chi connectivity index (χ2v) is 5.06. The van der Waals surface area contributed by atoms with Gasteiger partial charge in [0.05, 0.1) is 17.0 Å². The lowest BCUT2D eigenvalue weighted by Gasteiger charge is -2.10. The van der Waals surface area contributed by atoms with E-state index in [9.17, 15) is 0 Å². The van der Waals surface area contributed by atoms with E-state index in [0.717, 1.165) is 10.8 Å². The Morgan fingerprint density at radius 2 is 2.18 bits per heavy atom. The summed E-state index contributed by atoms with van der Waals surface area (Å²) in [5.74, 6) is 0. The zero-order valence-electron chi connectivity index (χ0n) is 9.79. The van der Waals surface area contributed by atoms with E-state index in [1.165, 1.54) is 17.3 Å². The van der Waals surface area contributed by atoms with Crippen LogP contribution < -0.4 is 0 Å². The minimum Gasteiger partial charge on any atom is -0.295 e. The molecule has 86 valence electrons. The van der Waals surface area contributed by atoms with E-state index in [1.807, 2.05) is 29.8 Å². The van der Waals surface area contributed by atoms with Crippen molar-refractivity contribution in [3.8, 4) is 11.8 Å². The van der Waals surface area contributed by atoms with Gasteiger partial charge in [0, 0.05) is 12.4 Å². The van der Waals surface area contributed by atoms with Crippen molar-refractivity contribution in [2.24, 2.45) is 0 Å². The van der Waals surface area contributed by atoms with Crippen molar-refractivity contribution in [2.45, 2.75) is 24.3 Å². The molecule has 17 heavy (non-hydrogen) atoms. The molecule has 0 spiro atoms. The number of benzene rings is 1. The minimum atomic E-state index is -0.0971. The van der Waals surface area contributed by atoms with Crippen LogP contribution in [0.4, 0.5) is 0 Å². The number of imidazole rings is 1. The molecule has 0 amide bonds. The van der Waals surface area contributed by atoms with Gasteiger partial charge in [0.25, 0.3) is 0 Å². The maximum Gasteiger partial charge on any atom is 0.173 e. The summed E-state index contributed by atoms with van der Waals surface area (Å²) in [6.45, 7) is 3.94. The quantitative estimate of drug-likeness (QED) is 0.777. The van der Waals surface area contributed by atoms with Gasteiger partial charge in [-0.1, -0.05) is 30.0 Å². The molecular weight excluding hydrogens is 230 g/mol. The van der Waals surface area contributed by atoms with Crippen LogP contribution in [-0.4, -0.2) is 14.8 Å². The molecule has 2 aromatic rings. The average Bonchev–Trinajstić information content (AvgIpc) is 2.77. The van der Waals surface area contributed by atoms with Gasteiger partial charge in [0.1, 0.15) is 0 Å². The van der Waals surface area contributed by atoms with Gasteiger partial charge in [-0.15, -0.1) is 0 Å². The van der Waals surface area contributed by atoms with Crippen molar-refractivity contribution < 1.29 is 0 Å². The molecule has 0 fully saturated rings. The van der Waals surface area contributed by atoms with Crippen LogP contribution in [0.25, 0.3) is 5.69 Å². The fraction of sp³-hybridized carbons (Fsp3) is 0.231. The first-order chi connectivity index (χ1) is 8.22. The number of nitrogens with zero attached hydrogens (tertiary/aromatic N) is 3. The topological polar surface area (TPSA) is 41.6 Å². The highest BCUT2D eigenvalue weighted by Gasteiger charge is 2.10. The summed E-state index contributed by atoms with van der Waals surface area (Å²) >= 11 is 1.47. The van der Waals surface area contributed by atoms with E-state index in [4.69, 9.17) is 5.26 Å². The predicted molar refractivity (Wildman–Crippen MR) is 69.2 cm³/mol. The van der Waals surface area contributed by atoms with Crippen LogP contribution in [-0.2, 0) is 0 Å². The van der Waals surface area contributed by atoms with Crippen LogP contribution >= 0.6 is 11.8 Å². The van der Waals surface area contributed by atoms with Crippen LogP contribution in [0.2, 0.25) is 0 Å². The molecule has 3 nitrogen and oxygen atoms in total. The number of nitriles is 1. The van der Waals surface area contributed by atoms with E-state index < -0.39 is 0 Å². The van der Waals surface area contributed by atoms with Crippen molar-refractivity contribution in [3.63, 3.8) is 0 Å². The number of aromatic nitrogens is 2. The fourth-order valence-electron chi connectivity index (χ4n) is 1.58. The van der Waals surface area contributed by atoms with Crippen molar-refractivity contribution >= 4 is 11.8 Å². The van der Waals surface area contributed by atoms with E-state index in [2.05, 4.69) is 30.1 Å². The number of hydrogen-bond acceptors (Lipinski definition) is 3. The third kappa shape index (κ3) is 2.51. The van der Waals surface area contributed by atoms with Gasteiger partial charge in [0.2, 0.25) is 0 Å². The number of rotatable bonds is 3. The SMILES string of the molecule is Cc1ccccc1-n1ccnc1S[C@H](C)C#N. The van der Waals surface area contributed by atoms with Crippen molar-refractivity contribution in [1.29, 1.82) is 5.26 Å². The first-order valence-electron chi connectivity index (χ1n) is 5.38. The molecule has 0 saturated heterocycles. The van der Waals surface area contributed by atoms with Crippen LogP contribution in [0, 0.1) is 18.3 Å². The number of para-hydroxylation sites is 1. The Morgan fingerprint density at radius 1 is 1.41 bits per heavy atom. The highest BCUT2D eigenvalue weighted by Crippen LogP contribution is 2.25. The second-order valence-electron chi connectivity index (χ2n) is 3.76. The Bertz CT molecular complexity index is 554. The van der Waals surface area contributed by atoms with E-state index in [-0.39, 0.29) is 5.25 Å². The predicted octanol–water partition coefficient (Wildman–Crippen LogP) is 3.18. The fourth-order valence-corrected chi connectivity index (χ4v) is 2.34. The van der Waals surface area contributed by atoms with E-state index in [0.29, 0.717) is 0 Å². The monoisotopic (exact) mass is 243 g/mol. The molecule has 0 aliphatic carbocycles. The lowest BCUT2D eigenvalue weighted by atomic mass is 10.2. The standard InChI is InChI=1S/C13H13N3S/c1-10-5-3-4-6-12(10)16-8-7-15-13(16)17-11(2)9-14/h3-8,11H,1-2H3/t11-/m1/s1.